The van der Waals surface area contributed by atoms with Gasteiger partial charge < -0.3 is 10.3 Å². The molecule has 2 N–H and O–H groups in total. The Morgan fingerprint density at radius 1 is 1.26 bits per heavy atom. The predicted molar refractivity (Wildman–Crippen MR) is 66.7 cm³/mol. The third-order valence-electron chi connectivity index (χ3n) is 2.49. The number of nitrogens with zero attached hydrogens (tertiary/aromatic N) is 1. The normalized spacial score (nSPS) is 10.2. The van der Waals surface area contributed by atoms with Crippen LogP contribution in [0.2, 0.25) is 0 Å². The lowest BCUT2D eigenvalue weighted by Crippen LogP contribution is -2.34. The maximum atomic E-state index is 12.7. The molecule has 0 spiro atoms. The molecule has 6 nitrogen and oxygen atoms in total. The van der Waals surface area contributed by atoms with Crippen molar-refractivity contribution in [2.45, 2.75) is 0 Å². The molecule has 0 fully saturated rings. The highest BCUT2D eigenvalue weighted by Gasteiger charge is 2.09. The zero-order valence-electron chi connectivity index (χ0n) is 9.94. The lowest BCUT2D eigenvalue weighted by molar-refractivity contribution is 0.102. The number of carbonyl (C=O) groups is 1. The minimum absolute atomic E-state index is 0.155. The van der Waals surface area contributed by atoms with E-state index in [9.17, 15) is 18.8 Å². The minimum Gasteiger partial charge on any atom is -0.321 e. The van der Waals surface area contributed by atoms with Crippen molar-refractivity contribution in [3.8, 4) is 0 Å². The molecule has 0 saturated heterocycles. The molecule has 1 heterocycles. The number of rotatable bonds is 2. The van der Waals surface area contributed by atoms with Crippen molar-refractivity contribution in [1.29, 1.82) is 0 Å². The van der Waals surface area contributed by atoms with E-state index in [0.717, 1.165) is 10.6 Å². The van der Waals surface area contributed by atoms with Gasteiger partial charge in [0.05, 0.1) is 0 Å². The van der Waals surface area contributed by atoms with Crippen LogP contribution in [-0.4, -0.2) is 15.5 Å². The van der Waals surface area contributed by atoms with Crippen LogP contribution in [0, 0.1) is 5.82 Å². The van der Waals surface area contributed by atoms with Gasteiger partial charge in [0, 0.05) is 18.8 Å². The molecule has 98 valence electrons. The number of carbonyl (C=O) groups excluding carboxylic acids is 1. The Balaban J connectivity index is 2.28. The smallest absolute Gasteiger partial charge is 0.321 e. The summed E-state index contributed by atoms with van der Waals surface area (Å²) in [5.41, 5.74) is -1.07. The van der Waals surface area contributed by atoms with E-state index in [0.29, 0.717) is 5.69 Å². The summed E-state index contributed by atoms with van der Waals surface area (Å²) in [6, 6.07) is 6.11. The Bertz CT molecular complexity index is 700. The van der Waals surface area contributed by atoms with Gasteiger partial charge in [0.1, 0.15) is 11.5 Å². The van der Waals surface area contributed by atoms with Crippen LogP contribution >= 0.6 is 0 Å². The van der Waals surface area contributed by atoms with E-state index in [2.05, 4.69) is 10.3 Å². The summed E-state index contributed by atoms with van der Waals surface area (Å²) in [6.45, 7) is 0. The summed E-state index contributed by atoms with van der Waals surface area (Å²) in [5.74, 6) is -1.08. The molecule has 7 heteroatoms. The molecule has 1 amide bonds. The van der Waals surface area contributed by atoms with Crippen molar-refractivity contribution in [1.82, 2.24) is 9.55 Å². The quantitative estimate of drug-likeness (QED) is 0.825. The Kier molecular flexibility index (Phi) is 3.28. The number of aromatic amines is 1. The number of halogens is 1. The minimum atomic E-state index is -0.684. The number of amides is 1. The van der Waals surface area contributed by atoms with Crippen molar-refractivity contribution < 1.29 is 9.18 Å². The Morgan fingerprint density at radius 2 is 1.89 bits per heavy atom. The lowest BCUT2D eigenvalue weighted by Gasteiger charge is -2.05. The third kappa shape index (κ3) is 2.76. The van der Waals surface area contributed by atoms with Crippen LogP contribution in [-0.2, 0) is 7.05 Å². The van der Waals surface area contributed by atoms with Gasteiger partial charge in [0.15, 0.2) is 0 Å². The van der Waals surface area contributed by atoms with Gasteiger partial charge >= 0.3 is 5.69 Å². The number of H-pyrrole nitrogens is 1. The summed E-state index contributed by atoms with van der Waals surface area (Å²) in [4.78, 5) is 36.8. The molecule has 19 heavy (non-hydrogen) atoms. The molecule has 0 aliphatic carbocycles. The first-order valence-electron chi connectivity index (χ1n) is 5.34. The summed E-state index contributed by atoms with van der Waals surface area (Å²) < 4.78 is 13.5. The Hall–Kier alpha value is -2.70. The summed E-state index contributed by atoms with van der Waals surface area (Å²) in [5, 5.41) is 2.44. The zero-order valence-corrected chi connectivity index (χ0v) is 9.94. The molecule has 2 aromatic rings. The predicted octanol–water partition coefficient (Wildman–Crippen LogP) is 0.465. The van der Waals surface area contributed by atoms with Gasteiger partial charge in [-0.3, -0.25) is 14.2 Å². The van der Waals surface area contributed by atoms with Crippen LogP contribution in [0.5, 0.6) is 0 Å². The first-order valence-corrected chi connectivity index (χ1v) is 5.34. The van der Waals surface area contributed by atoms with Gasteiger partial charge in [0.2, 0.25) is 0 Å². The summed E-state index contributed by atoms with van der Waals surface area (Å²) in [6.07, 6.45) is 0. The van der Waals surface area contributed by atoms with E-state index in [1.165, 1.54) is 31.3 Å². The van der Waals surface area contributed by atoms with E-state index >= 15 is 0 Å². The zero-order chi connectivity index (χ0) is 14.0. The van der Waals surface area contributed by atoms with Crippen LogP contribution in [0.4, 0.5) is 10.1 Å². The first kappa shape index (κ1) is 12.7. The van der Waals surface area contributed by atoms with Crippen molar-refractivity contribution in [2.75, 3.05) is 5.32 Å². The molecule has 1 aromatic heterocycles. The highest BCUT2D eigenvalue weighted by Crippen LogP contribution is 2.08. The molecule has 2 rings (SSSR count). The van der Waals surface area contributed by atoms with Crippen molar-refractivity contribution in [3.05, 3.63) is 62.7 Å². The van der Waals surface area contributed by atoms with E-state index in [1.54, 1.807) is 0 Å². The molecule has 0 bridgehead atoms. The fourth-order valence-corrected chi connectivity index (χ4v) is 1.41. The van der Waals surface area contributed by atoms with Crippen LogP contribution < -0.4 is 16.6 Å². The number of anilines is 1. The van der Waals surface area contributed by atoms with E-state index in [-0.39, 0.29) is 5.69 Å². The maximum Gasteiger partial charge on any atom is 0.328 e. The van der Waals surface area contributed by atoms with Gasteiger partial charge in [-0.1, -0.05) is 0 Å². The maximum absolute atomic E-state index is 12.7. The standard InChI is InChI=1S/C12H10FN3O3/c1-16-10(17)6-9(15-12(16)19)11(18)14-8-4-2-7(13)3-5-8/h2-6H,1H3,(H,14,18)(H,15,19). The molecule has 0 aliphatic heterocycles. The average molecular weight is 263 g/mol. The molecule has 0 unspecified atom stereocenters. The molecule has 0 saturated carbocycles. The van der Waals surface area contributed by atoms with Gasteiger partial charge in [0.25, 0.3) is 11.5 Å². The number of hydrogen-bond acceptors (Lipinski definition) is 3. The van der Waals surface area contributed by atoms with Crippen LogP contribution in [0.1, 0.15) is 10.5 Å². The van der Waals surface area contributed by atoms with Crippen LogP contribution in [0.25, 0.3) is 0 Å². The topological polar surface area (TPSA) is 84.0 Å². The Morgan fingerprint density at radius 3 is 2.47 bits per heavy atom. The number of benzene rings is 1. The fourth-order valence-electron chi connectivity index (χ4n) is 1.41. The number of hydrogen-bond donors (Lipinski definition) is 2. The number of nitrogens with one attached hydrogen (secondary N) is 2. The highest BCUT2D eigenvalue weighted by molar-refractivity contribution is 6.02. The first-order chi connectivity index (χ1) is 8.97. The second-order valence-corrected chi connectivity index (χ2v) is 3.85. The van der Waals surface area contributed by atoms with Crippen LogP contribution in [0.3, 0.4) is 0 Å². The highest BCUT2D eigenvalue weighted by atomic mass is 19.1. The average Bonchev–Trinajstić information content (AvgIpc) is 2.38. The second kappa shape index (κ2) is 4.89. The lowest BCUT2D eigenvalue weighted by atomic mass is 10.3. The van der Waals surface area contributed by atoms with E-state index in [1.807, 2.05) is 0 Å². The third-order valence-corrected chi connectivity index (χ3v) is 2.49. The molecular formula is C12H10FN3O3. The molecule has 0 aliphatic rings. The van der Waals surface area contributed by atoms with Gasteiger partial charge in [-0.25, -0.2) is 9.18 Å². The molecule has 1 aromatic carbocycles. The largest absolute Gasteiger partial charge is 0.328 e. The Labute approximate surface area is 106 Å². The molecular weight excluding hydrogens is 253 g/mol. The van der Waals surface area contributed by atoms with Gasteiger partial charge in [-0.2, -0.15) is 0 Å². The van der Waals surface area contributed by atoms with Gasteiger partial charge in [-0.15, -0.1) is 0 Å². The second-order valence-electron chi connectivity index (χ2n) is 3.85. The number of aromatic nitrogens is 2. The van der Waals surface area contributed by atoms with E-state index < -0.39 is 23.0 Å². The van der Waals surface area contributed by atoms with E-state index in [4.69, 9.17) is 0 Å². The fraction of sp³-hybridized carbons (Fsp3) is 0.0833. The van der Waals surface area contributed by atoms with Crippen molar-refractivity contribution >= 4 is 11.6 Å². The SMILES string of the molecule is Cn1c(=O)cc(C(=O)Nc2ccc(F)cc2)[nH]c1=O. The monoisotopic (exact) mass is 263 g/mol. The van der Waals surface area contributed by atoms with Gasteiger partial charge in [-0.05, 0) is 24.3 Å². The van der Waals surface area contributed by atoms with Crippen molar-refractivity contribution in [3.63, 3.8) is 0 Å². The molecule has 0 radical (unpaired) electrons. The van der Waals surface area contributed by atoms with Crippen molar-refractivity contribution in [2.24, 2.45) is 7.05 Å². The summed E-state index contributed by atoms with van der Waals surface area (Å²) in [7, 11) is 1.29. The van der Waals surface area contributed by atoms with Crippen LogP contribution in [0.15, 0.2) is 39.9 Å². The molecule has 0 atom stereocenters. The summed E-state index contributed by atoms with van der Waals surface area (Å²) >= 11 is 0.